The maximum atomic E-state index is 13.8. The first-order chi connectivity index (χ1) is 13.7. The van der Waals surface area contributed by atoms with Crippen molar-refractivity contribution in [3.05, 3.63) is 34.9 Å². The van der Waals surface area contributed by atoms with Gasteiger partial charge in [-0.25, -0.2) is 4.68 Å². The highest BCUT2D eigenvalue weighted by molar-refractivity contribution is 6.36. The third-order valence-corrected chi connectivity index (χ3v) is 6.17. The number of halogens is 4. The number of likely N-dealkylation sites (tertiary alicyclic amines) is 1. The first-order valence-electron chi connectivity index (χ1n) is 9.65. The molecule has 4 unspecified atom stereocenters. The summed E-state index contributed by atoms with van der Waals surface area (Å²) in [4.78, 5) is 14.8. The number of carbonyl (C=O) groups excluding carboxylic acids is 1. The van der Waals surface area contributed by atoms with Gasteiger partial charge in [0.15, 0.2) is 11.7 Å². The van der Waals surface area contributed by atoms with Crippen molar-refractivity contribution in [3.8, 4) is 0 Å². The normalized spacial score (nSPS) is 27.4. The fourth-order valence-electron chi connectivity index (χ4n) is 4.35. The van der Waals surface area contributed by atoms with Crippen LogP contribution < -0.4 is 5.32 Å². The van der Waals surface area contributed by atoms with Crippen LogP contribution in [0.5, 0.6) is 0 Å². The van der Waals surface area contributed by atoms with Crippen molar-refractivity contribution < 1.29 is 22.4 Å². The molecule has 2 aromatic rings. The Kier molecular flexibility index (Phi) is 5.04. The maximum absolute atomic E-state index is 13.8. The van der Waals surface area contributed by atoms with Crippen LogP contribution in [0, 0.1) is 0 Å². The van der Waals surface area contributed by atoms with Crippen LogP contribution in [-0.2, 0) is 0 Å². The number of anilines is 1. The predicted octanol–water partition coefficient (Wildman–Crippen LogP) is 5.19. The number of fused-ring (bicyclic) bond motifs is 1. The van der Waals surface area contributed by atoms with Gasteiger partial charge in [0.2, 0.25) is 0 Å². The van der Waals surface area contributed by atoms with Gasteiger partial charge in [0.05, 0.1) is 12.3 Å². The van der Waals surface area contributed by atoms with E-state index in [1.807, 2.05) is 13.8 Å². The van der Waals surface area contributed by atoms with Crippen LogP contribution in [0.1, 0.15) is 67.9 Å². The van der Waals surface area contributed by atoms with Gasteiger partial charge >= 0.3 is 6.18 Å². The van der Waals surface area contributed by atoms with E-state index in [1.54, 1.807) is 17.0 Å². The average molecular weight is 431 g/mol. The first-order valence-corrected chi connectivity index (χ1v) is 10.0. The lowest BCUT2D eigenvalue weighted by Crippen LogP contribution is -2.47. The van der Waals surface area contributed by atoms with E-state index in [9.17, 15) is 18.0 Å². The molecule has 1 fully saturated rings. The van der Waals surface area contributed by atoms with E-state index >= 15 is 0 Å². The minimum atomic E-state index is -4.55. The van der Waals surface area contributed by atoms with Crippen molar-refractivity contribution in [3.63, 3.8) is 0 Å². The Morgan fingerprint density at radius 2 is 2.00 bits per heavy atom. The van der Waals surface area contributed by atoms with Gasteiger partial charge in [-0.3, -0.25) is 4.79 Å². The number of nitrogens with zero attached hydrogens (tertiary/aromatic N) is 3. The van der Waals surface area contributed by atoms with Crippen LogP contribution in [0.4, 0.5) is 19.0 Å². The molecule has 0 radical (unpaired) electrons. The lowest BCUT2D eigenvalue weighted by molar-refractivity contribution is -0.174. The van der Waals surface area contributed by atoms with Gasteiger partial charge in [-0.15, -0.1) is 0 Å². The highest BCUT2D eigenvalue weighted by atomic mass is 35.5. The Morgan fingerprint density at radius 3 is 2.59 bits per heavy atom. The van der Waals surface area contributed by atoms with Crippen LogP contribution in [-0.4, -0.2) is 38.8 Å². The van der Waals surface area contributed by atoms with E-state index in [2.05, 4.69) is 10.4 Å². The molecule has 4 heterocycles. The summed E-state index contributed by atoms with van der Waals surface area (Å²) in [5, 5.41) is 6.92. The summed E-state index contributed by atoms with van der Waals surface area (Å²) in [6.07, 6.45) is -0.783. The van der Waals surface area contributed by atoms with E-state index < -0.39 is 24.2 Å². The van der Waals surface area contributed by atoms with E-state index in [-0.39, 0.29) is 35.0 Å². The standard InChI is InChI=1S/C19H22ClF3N4O2/c1-10-5-3-6-11(2)26(10)18(28)16-15(20)17-24-12(13-7-4-8-29-13)9-14(19(21,22)23)27(17)25-16/h4,7-8,10-12,14,24H,3,5-6,9H2,1-2H3. The minimum absolute atomic E-state index is 0.0118. The Bertz CT molecular complexity index is 886. The summed E-state index contributed by atoms with van der Waals surface area (Å²) < 4.78 is 47.5. The Balaban J connectivity index is 1.74. The number of carbonyl (C=O) groups is 1. The molecular formula is C19H22ClF3N4O2. The summed E-state index contributed by atoms with van der Waals surface area (Å²) in [5.41, 5.74) is -0.149. The second kappa shape index (κ2) is 7.27. The molecule has 1 amide bonds. The second-order valence-corrected chi connectivity index (χ2v) is 8.18. The lowest BCUT2D eigenvalue weighted by atomic mass is 9.97. The molecule has 2 aliphatic heterocycles. The van der Waals surface area contributed by atoms with Gasteiger partial charge in [0, 0.05) is 18.5 Å². The van der Waals surface area contributed by atoms with Gasteiger partial charge < -0.3 is 14.6 Å². The maximum Gasteiger partial charge on any atom is 0.410 e. The first kappa shape index (κ1) is 20.1. The van der Waals surface area contributed by atoms with Crippen molar-refractivity contribution in [2.75, 3.05) is 5.32 Å². The van der Waals surface area contributed by atoms with Crippen molar-refractivity contribution >= 4 is 23.3 Å². The minimum Gasteiger partial charge on any atom is -0.467 e. The number of piperidine rings is 1. The highest BCUT2D eigenvalue weighted by Crippen LogP contribution is 2.46. The number of hydrogen-bond acceptors (Lipinski definition) is 4. The van der Waals surface area contributed by atoms with Gasteiger partial charge in [0.1, 0.15) is 16.6 Å². The Labute approximate surface area is 171 Å². The Morgan fingerprint density at radius 1 is 1.31 bits per heavy atom. The van der Waals surface area contributed by atoms with Crippen molar-refractivity contribution in [2.24, 2.45) is 0 Å². The number of rotatable bonds is 2. The van der Waals surface area contributed by atoms with E-state index in [0.29, 0.717) is 5.76 Å². The molecule has 6 nitrogen and oxygen atoms in total. The SMILES string of the molecule is CC1CCCC(C)N1C(=O)c1nn2c(c1Cl)NC(c1ccco1)CC2C(F)(F)F. The molecule has 0 saturated carbocycles. The van der Waals surface area contributed by atoms with E-state index in [4.69, 9.17) is 16.0 Å². The van der Waals surface area contributed by atoms with Gasteiger partial charge in [-0.2, -0.15) is 18.3 Å². The van der Waals surface area contributed by atoms with Crippen LogP contribution in [0.15, 0.2) is 22.8 Å². The summed E-state index contributed by atoms with van der Waals surface area (Å²) in [5.74, 6) is -0.0786. The number of hydrogen-bond donors (Lipinski definition) is 1. The number of furan rings is 1. The molecule has 4 rings (SSSR count). The van der Waals surface area contributed by atoms with Crippen molar-refractivity contribution in [1.29, 1.82) is 0 Å². The largest absolute Gasteiger partial charge is 0.467 e. The zero-order valence-corrected chi connectivity index (χ0v) is 16.8. The quantitative estimate of drug-likeness (QED) is 0.711. The molecule has 4 atom stereocenters. The molecule has 1 N–H and O–H groups in total. The molecule has 158 valence electrons. The number of amides is 1. The summed E-state index contributed by atoms with van der Waals surface area (Å²) >= 11 is 6.40. The van der Waals surface area contributed by atoms with Gasteiger partial charge in [-0.05, 0) is 45.2 Å². The molecule has 0 aliphatic carbocycles. The predicted molar refractivity (Wildman–Crippen MR) is 101 cm³/mol. The molecular weight excluding hydrogens is 409 g/mol. The van der Waals surface area contributed by atoms with E-state index in [0.717, 1.165) is 23.9 Å². The van der Waals surface area contributed by atoms with Crippen LogP contribution in [0.2, 0.25) is 5.02 Å². The molecule has 2 aromatic heterocycles. The zero-order valence-electron chi connectivity index (χ0n) is 16.0. The zero-order chi connectivity index (χ0) is 20.9. The van der Waals surface area contributed by atoms with Gasteiger partial charge in [-0.1, -0.05) is 11.6 Å². The number of alkyl halides is 3. The summed E-state index contributed by atoms with van der Waals surface area (Å²) in [7, 11) is 0. The molecule has 0 bridgehead atoms. The number of nitrogens with one attached hydrogen (secondary N) is 1. The van der Waals surface area contributed by atoms with Crippen LogP contribution in [0.3, 0.4) is 0 Å². The summed E-state index contributed by atoms with van der Waals surface area (Å²) in [6, 6.07) is 0.528. The topological polar surface area (TPSA) is 63.3 Å². The Hall–Kier alpha value is -2.16. The number of aromatic nitrogens is 2. The second-order valence-electron chi connectivity index (χ2n) is 7.80. The smallest absolute Gasteiger partial charge is 0.410 e. The third-order valence-electron chi connectivity index (χ3n) is 5.81. The fraction of sp³-hybridized carbons (Fsp3) is 0.579. The fourth-order valence-corrected chi connectivity index (χ4v) is 4.61. The monoisotopic (exact) mass is 430 g/mol. The molecule has 0 spiro atoms. The van der Waals surface area contributed by atoms with Gasteiger partial charge in [0.25, 0.3) is 5.91 Å². The molecule has 1 saturated heterocycles. The molecule has 2 aliphatic rings. The highest BCUT2D eigenvalue weighted by Gasteiger charge is 2.48. The third kappa shape index (κ3) is 3.49. The van der Waals surface area contributed by atoms with Crippen molar-refractivity contribution in [1.82, 2.24) is 14.7 Å². The summed E-state index contributed by atoms with van der Waals surface area (Å²) in [6.45, 7) is 3.86. The average Bonchev–Trinajstić information content (AvgIpc) is 3.28. The van der Waals surface area contributed by atoms with Crippen LogP contribution in [0.25, 0.3) is 0 Å². The van der Waals surface area contributed by atoms with Crippen molar-refractivity contribution in [2.45, 2.75) is 69.9 Å². The molecule has 10 heteroatoms. The molecule has 0 aromatic carbocycles. The lowest BCUT2D eigenvalue weighted by Gasteiger charge is -2.38. The van der Waals surface area contributed by atoms with E-state index in [1.165, 1.54) is 6.26 Å². The van der Waals surface area contributed by atoms with Crippen LogP contribution >= 0.6 is 11.6 Å². The molecule has 29 heavy (non-hydrogen) atoms.